The molecule has 1 aliphatic carbocycles. The zero-order chi connectivity index (χ0) is 12.5. The molecule has 0 saturated heterocycles. The molecule has 17 heavy (non-hydrogen) atoms. The standard InChI is InChI=1S/C11H16N4OS/c1-11(4-2-3-5-11)10(16)14-9-7(8(12)17)6-13-15-9/h6H,2-5H2,1H3,(H2,12,17)(H2,13,14,15,16). The monoisotopic (exact) mass is 252 g/mol. The van der Waals surface area contributed by atoms with E-state index in [-0.39, 0.29) is 16.3 Å². The van der Waals surface area contributed by atoms with Crippen molar-refractivity contribution in [1.82, 2.24) is 10.2 Å². The number of nitrogens with two attached hydrogens (primary N) is 1. The topological polar surface area (TPSA) is 83.8 Å². The molecular formula is C11H16N4OS. The zero-order valence-electron chi connectivity index (χ0n) is 9.75. The Hall–Kier alpha value is -1.43. The second-order valence-electron chi connectivity index (χ2n) is 4.74. The van der Waals surface area contributed by atoms with Crippen molar-refractivity contribution in [2.45, 2.75) is 32.6 Å². The van der Waals surface area contributed by atoms with Crippen LogP contribution in [0.15, 0.2) is 6.20 Å². The SMILES string of the molecule is CC1(C(=O)Nc2[nH]ncc2C(N)=S)CCCC1. The average molecular weight is 252 g/mol. The Labute approximate surface area is 105 Å². The third-order valence-corrected chi connectivity index (χ3v) is 3.62. The Balaban J connectivity index is 2.13. The maximum atomic E-state index is 12.2. The van der Waals surface area contributed by atoms with Crippen LogP contribution in [0.3, 0.4) is 0 Å². The van der Waals surface area contributed by atoms with Crippen LogP contribution in [0.25, 0.3) is 0 Å². The van der Waals surface area contributed by atoms with Crippen molar-refractivity contribution in [3.05, 3.63) is 11.8 Å². The van der Waals surface area contributed by atoms with Crippen LogP contribution >= 0.6 is 12.2 Å². The summed E-state index contributed by atoms with van der Waals surface area (Å²) < 4.78 is 0. The van der Waals surface area contributed by atoms with Crippen molar-refractivity contribution in [3.63, 3.8) is 0 Å². The van der Waals surface area contributed by atoms with Gasteiger partial charge >= 0.3 is 0 Å². The molecule has 1 saturated carbocycles. The van der Waals surface area contributed by atoms with E-state index in [0.717, 1.165) is 25.7 Å². The molecule has 6 heteroatoms. The fourth-order valence-electron chi connectivity index (χ4n) is 2.22. The van der Waals surface area contributed by atoms with Crippen molar-refractivity contribution < 1.29 is 4.79 Å². The fraction of sp³-hybridized carbons (Fsp3) is 0.545. The molecule has 0 aliphatic heterocycles. The predicted molar refractivity (Wildman–Crippen MR) is 69.7 cm³/mol. The first kappa shape index (κ1) is 12.0. The highest BCUT2D eigenvalue weighted by atomic mass is 32.1. The third kappa shape index (κ3) is 2.31. The Bertz CT molecular complexity index is 448. The first-order chi connectivity index (χ1) is 8.03. The van der Waals surface area contributed by atoms with Gasteiger partial charge in [-0.15, -0.1) is 0 Å². The molecule has 1 amide bonds. The van der Waals surface area contributed by atoms with Crippen LogP contribution in [0.4, 0.5) is 5.82 Å². The molecule has 5 nitrogen and oxygen atoms in total. The van der Waals surface area contributed by atoms with Gasteiger partial charge < -0.3 is 11.1 Å². The van der Waals surface area contributed by atoms with Gasteiger partial charge in [0, 0.05) is 5.41 Å². The van der Waals surface area contributed by atoms with E-state index in [4.69, 9.17) is 18.0 Å². The van der Waals surface area contributed by atoms with Gasteiger partial charge in [0.25, 0.3) is 0 Å². The second-order valence-corrected chi connectivity index (χ2v) is 5.18. The van der Waals surface area contributed by atoms with Gasteiger partial charge in [0.05, 0.1) is 11.8 Å². The van der Waals surface area contributed by atoms with Crippen LogP contribution in [0, 0.1) is 5.41 Å². The van der Waals surface area contributed by atoms with Crippen LogP contribution in [-0.2, 0) is 4.79 Å². The molecule has 1 aromatic heterocycles. The summed E-state index contributed by atoms with van der Waals surface area (Å²) in [5.41, 5.74) is 5.84. The fourth-order valence-corrected chi connectivity index (χ4v) is 2.37. The van der Waals surface area contributed by atoms with Gasteiger partial charge in [0.15, 0.2) is 0 Å². The lowest BCUT2D eigenvalue weighted by Gasteiger charge is -2.21. The molecule has 1 aromatic rings. The van der Waals surface area contributed by atoms with E-state index >= 15 is 0 Å². The Morgan fingerprint density at radius 3 is 2.82 bits per heavy atom. The number of amides is 1. The number of aromatic amines is 1. The summed E-state index contributed by atoms with van der Waals surface area (Å²) >= 11 is 4.89. The third-order valence-electron chi connectivity index (χ3n) is 3.40. The molecule has 0 radical (unpaired) electrons. The van der Waals surface area contributed by atoms with Gasteiger partial charge in [-0.25, -0.2) is 0 Å². The van der Waals surface area contributed by atoms with Gasteiger partial charge in [-0.05, 0) is 12.8 Å². The van der Waals surface area contributed by atoms with Crippen LogP contribution in [0.2, 0.25) is 0 Å². The minimum absolute atomic E-state index is 0.0109. The number of nitrogens with one attached hydrogen (secondary N) is 2. The molecule has 0 bridgehead atoms. The summed E-state index contributed by atoms with van der Waals surface area (Å²) in [6.45, 7) is 1.99. The summed E-state index contributed by atoms with van der Waals surface area (Å²) in [5.74, 6) is 0.507. The molecule has 2 rings (SSSR count). The number of anilines is 1. The number of rotatable bonds is 3. The Morgan fingerprint density at radius 2 is 2.24 bits per heavy atom. The van der Waals surface area contributed by atoms with E-state index < -0.39 is 0 Å². The average Bonchev–Trinajstić information content (AvgIpc) is 2.87. The summed E-state index contributed by atoms with van der Waals surface area (Å²) in [6.07, 6.45) is 5.59. The first-order valence-electron chi connectivity index (χ1n) is 5.67. The number of H-pyrrole nitrogens is 1. The van der Waals surface area contributed by atoms with Gasteiger partial charge in [0.1, 0.15) is 10.8 Å². The summed E-state index contributed by atoms with van der Waals surface area (Å²) in [4.78, 5) is 12.4. The van der Waals surface area contributed by atoms with E-state index in [9.17, 15) is 4.79 Å². The van der Waals surface area contributed by atoms with Crippen molar-refractivity contribution in [1.29, 1.82) is 0 Å². The van der Waals surface area contributed by atoms with Crippen molar-refractivity contribution in [2.24, 2.45) is 11.1 Å². The maximum absolute atomic E-state index is 12.2. The lowest BCUT2D eigenvalue weighted by Crippen LogP contribution is -2.31. The maximum Gasteiger partial charge on any atom is 0.231 e. The first-order valence-corrected chi connectivity index (χ1v) is 6.08. The molecular weight excluding hydrogens is 236 g/mol. The van der Waals surface area contributed by atoms with Crippen molar-refractivity contribution >= 4 is 28.9 Å². The van der Waals surface area contributed by atoms with E-state index in [1.54, 1.807) is 0 Å². The van der Waals surface area contributed by atoms with Crippen LogP contribution in [0.1, 0.15) is 38.2 Å². The van der Waals surface area contributed by atoms with Crippen molar-refractivity contribution in [2.75, 3.05) is 5.32 Å². The predicted octanol–water partition coefficient (Wildman–Crippen LogP) is 1.56. The number of thiocarbonyl (C=S) groups is 1. The highest BCUT2D eigenvalue weighted by molar-refractivity contribution is 7.80. The number of carbonyl (C=O) groups is 1. The molecule has 0 atom stereocenters. The number of carbonyl (C=O) groups excluding carboxylic acids is 1. The molecule has 1 heterocycles. The van der Waals surface area contributed by atoms with Gasteiger partial charge in [-0.1, -0.05) is 32.0 Å². The minimum atomic E-state index is -0.279. The van der Waals surface area contributed by atoms with E-state index in [2.05, 4.69) is 15.5 Å². The van der Waals surface area contributed by atoms with E-state index in [1.165, 1.54) is 6.20 Å². The highest BCUT2D eigenvalue weighted by Crippen LogP contribution is 2.38. The van der Waals surface area contributed by atoms with Crippen LogP contribution in [0.5, 0.6) is 0 Å². The molecule has 1 fully saturated rings. The number of aromatic nitrogens is 2. The number of nitrogens with zero attached hydrogens (tertiary/aromatic N) is 1. The lowest BCUT2D eigenvalue weighted by molar-refractivity contribution is -0.124. The van der Waals surface area contributed by atoms with Crippen LogP contribution in [-0.4, -0.2) is 21.1 Å². The molecule has 4 N–H and O–H groups in total. The van der Waals surface area contributed by atoms with Crippen LogP contribution < -0.4 is 11.1 Å². The Kier molecular flexibility index (Phi) is 3.15. The summed E-state index contributed by atoms with van der Waals surface area (Å²) in [6, 6.07) is 0. The smallest absolute Gasteiger partial charge is 0.231 e. The molecule has 92 valence electrons. The second kappa shape index (κ2) is 4.44. The number of hydrogen-bond donors (Lipinski definition) is 3. The molecule has 0 unspecified atom stereocenters. The summed E-state index contributed by atoms with van der Waals surface area (Å²) in [5, 5.41) is 9.38. The van der Waals surface area contributed by atoms with Gasteiger partial charge in [0.2, 0.25) is 5.91 Å². The zero-order valence-corrected chi connectivity index (χ0v) is 10.6. The minimum Gasteiger partial charge on any atom is -0.389 e. The normalized spacial score (nSPS) is 17.9. The molecule has 0 spiro atoms. The Morgan fingerprint density at radius 1 is 1.59 bits per heavy atom. The molecule has 0 aromatic carbocycles. The molecule has 1 aliphatic rings. The summed E-state index contributed by atoms with van der Waals surface area (Å²) in [7, 11) is 0. The van der Waals surface area contributed by atoms with Gasteiger partial charge in [-0.3, -0.25) is 9.89 Å². The van der Waals surface area contributed by atoms with E-state index in [0.29, 0.717) is 11.4 Å². The number of hydrogen-bond acceptors (Lipinski definition) is 3. The highest BCUT2D eigenvalue weighted by Gasteiger charge is 2.36. The van der Waals surface area contributed by atoms with Crippen molar-refractivity contribution in [3.8, 4) is 0 Å². The largest absolute Gasteiger partial charge is 0.389 e. The van der Waals surface area contributed by atoms with Gasteiger partial charge in [-0.2, -0.15) is 5.10 Å². The lowest BCUT2D eigenvalue weighted by atomic mass is 9.88. The quantitative estimate of drug-likeness (QED) is 0.713. The van der Waals surface area contributed by atoms with E-state index in [1.807, 2.05) is 6.92 Å².